The third-order valence-corrected chi connectivity index (χ3v) is 3.47. The molecule has 1 aromatic carbocycles. The highest BCUT2D eigenvalue weighted by Gasteiger charge is 2.30. The van der Waals surface area contributed by atoms with Crippen LogP contribution >= 0.6 is 0 Å². The van der Waals surface area contributed by atoms with Gasteiger partial charge in [-0.05, 0) is 18.2 Å². The van der Waals surface area contributed by atoms with Crippen molar-refractivity contribution >= 4 is 17.9 Å². The number of rotatable bonds is 4. The number of hydrogen-bond donors (Lipinski definition) is 2. The van der Waals surface area contributed by atoms with Crippen LogP contribution in [0.3, 0.4) is 0 Å². The van der Waals surface area contributed by atoms with Gasteiger partial charge in [-0.15, -0.1) is 0 Å². The molecule has 0 fully saturated rings. The van der Waals surface area contributed by atoms with Gasteiger partial charge in [0, 0.05) is 25.2 Å². The van der Waals surface area contributed by atoms with Crippen molar-refractivity contribution in [3.05, 3.63) is 47.2 Å². The molecule has 2 aromatic rings. The molecular weight excluding hydrogens is 282 g/mol. The Morgan fingerprint density at radius 2 is 2.18 bits per heavy atom. The van der Waals surface area contributed by atoms with E-state index >= 15 is 0 Å². The molecule has 22 heavy (non-hydrogen) atoms. The van der Waals surface area contributed by atoms with Gasteiger partial charge in [-0.1, -0.05) is 12.1 Å². The predicted molar refractivity (Wildman–Crippen MR) is 82.0 cm³/mol. The van der Waals surface area contributed by atoms with Gasteiger partial charge in [-0.25, -0.2) is 0 Å². The lowest BCUT2D eigenvalue weighted by Gasteiger charge is -2.03. The molecule has 0 radical (unpaired) electrons. The van der Waals surface area contributed by atoms with Gasteiger partial charge in [0.1, 0.15) is 0 Å². The van der Waals surface area contributed by atoms with Crippen LogP contribution in [0.25, 0.3) is 5.69 Å². The van der Waals surface area contributed by atoms with Crippen molar-refractivity contribution in [2.24, 2.45) is 4.99 Å². The Labute approximate surface area is 127 Å². The molecule has 2 heterocycles. The minimum atomic E-state index is -0.108. The Morgan fingerprint density at radius 3 is 2.95 bits per heavy atom. The Kier molecular flexibility index (Phi) is 3.50. The first kappa shape index (κ1) is 14.1. The third kappa shape index (κ3) is 2.28. The van der Waals surface area contributed by atoms with E-state index in [-0.39, 0.29) is 17.6 Å². The second-order valence-corrected chi connectivity index (χ2v) is 5.01. The number of amides is 1. The number of aromatic nitrogens is 1. The highest BCUT2D eigenvalue weighted by molar-refractivity contribution is 6.15. The summed E-state index contributed by atoms with van der Waals surface area (Å²) in [6.45, 7) is 2.28. The number of aromatic hydroxyl groups is 1. The summed E-state index contributed by atoms with van der Waals surface area (Å²) in [6.07, 6.45) is 1.51. The molecular formula is C16H15N3O3. The molecule has 0 unspecified atom stereocenters. The number of para-hydroxylation sites is 1. The van der Waals surface area contributed by atoms with Gasteiger partial charge in [0.15, 0.2) is 0 Å². The van der Waals surface area contributed by atoms with Gasteiger partial charge in [-0.3, -0.25) is 19.1 Å². The van der Waals surface area contributed by atoms with E-state index in [9.17, 15) is 14.7 Å². The molecule has 0 bridgehead atoms. The normalized spacial score (nSPS) is 12.5. The van der Waals surface area contributed by atoms with Crippen LogP contribution in [0.1, 0.15) is 28.5 Å². The van der Waals surface area contributed by atoms with Crippen LogP contribution in [0.5, 0.6) is 5.88 Å². The average Bonchev–Trinajstić information content (AvgIpc) is 2.96. The third-order valence-electron chi connectivity index (χ3n) is 3.47. The summed E-state index contributed by atoms with van der Waals surface area (Å²) < 4.78 is 1.53. The van der Waals surface area contributed by atoms with Crippen molar-refractivity contribution in [3.8, 4) is 11.6 Å². The summed E-state index contributed by atoms with van der Waals surface area (Å²) in [5, 5.41) is 12.9. The van der Waals surface area contributed by atoms with Crippen molar-refractivity contribution in [2.75, 3.05) is 13.1 Å². The van der Waals surface area contributed by atoms with Crippen LogP contribution in [0.4, 0.5) is 0 Å². The first-order valence-electron chi connectivity index (χ1n) is 6.92. The van der Waals surface area contributed by atoms with Crippen LogP contribution in [-0.4, -0.2) is 40.7 Å². The number of nitrogens with zero attached hydrogens (tertiary/aromatic N) is 2. The van der Waals surface area contributed by atoms with Crippen molar-refractivity contribution in [1.29, 1.82) is 0 Å². The molecule has 1 aliphatic rings. The molecule has 1 aliphatic heterocycles. The van der Waals surface area contributed by atoms with Crippen LogP contribution in [0.2, 0.25) is 0 Å². The van der Waals surface area contributed by atoms with Gasteiger partial charge in [0.25, 0.3) is 0 Å². The van der Waals surface area contributed by atoms with Gasteiger partial charge >= 0.3 is 0 Å². The van der Waals surface area contributed by atoms with Crippen LogP contribution in [0.15, 0.2) is 35.3 Å². The zero-order valence-electron chi connectivity index (χ0n) is 12.0. The monoisotopic (exact) mass is 297 g/mol. The predicted octanol–water partition coefficient (Wildman–Crippen LogP) is 1.28. The van der Waals surface area contributed by atoms with Crippen molar-refractivity contribution in [3.63, 3.8) is 0 Å². The molecule has 0 saturated heterocycles. The summed E-state index contributed by atoms with van der Waals surface area (Å²) in [6, 6.07) is 8.78. The van der Waals surface area contributed by atoms with E-state index in [1.54, 1.807) is 24.3 Å². The topological polar surface area (TPSA) is 83.7 Å². The summed E-state index contributed by atoms with van der Waals surface area (Å²) in [5.41, 5.74) is 2.18. The lowest BCUT2D eigenvalue weighted by molar-refractivity contribution is -0.118. The highest BCUT2D eigenvalue weighted by Crippen LogP contribution is 2.35. The van der Waals surface area contributed by atoms with Gasteiger partial charge in [0.05, 0.1) is 23.5 Å². The fraction of sp³-hybridized carbons (Fsp3) is 0.188. The number of carbonyl (C=O) groups is 2. The van der Waals surface area contributed by atoms with Gasteiger partial charge in [-0.2, -0.15) is 0 Å². The zero-order chi connectivity index (χ0) is 15.7. The largest absolute Gasteiger partial charge is 0.494 e. The number of carbonyl (C=O) groups excluding carboxylic acids is 2. The number of nitrogens with one attached hydrogen (secondary N) is 1. The van der Waals surface area contributed by atoms with E-state index < -0.39 is 0 Å². The summed E-state index contributed by atoms with van der Waals surface area (Å²) in [4.78, 5) is 27.2. The van der Waals surface area contributed by atoms with Crippen LogP contribution in [0, 0.1) is 0 Å². The van der Waals surface area contributed by atoms with Crippen molar-refractivity contribution in [1.82, 2.24) is 9.88 Å². The van der Waals surface area contributed by atoms with Crippen LogP contribution in [-0.2, 0) is 4.79 Å². The van der Waals surface area contributed by atoms with Crippen LogP contribution < -0.4 is 5.32 Å². The molecule has 2 N–H and O–H groups in total. The molecule has 3 rings (SSSR count). The smallest absolute Gasteiger partial charge is 0.216 e. The fourth-order valence-electron chi connectivity index (χ4n) is 2.48. The molecule has 0 spiro atoms. The lowest BCUT2D eigenvalue weighted by Crippen LogP contribution is -2.22. The first-order valence-corrected chi connectivity index (χ1v) is 6.92. The Balaban J connectivity index is 1.84. The van der Waals surface area contributed by atoms with Crippen molar-refractivity contribution < 1.29 is 14.7 Å². The Hall–Kier alpha value is -2.89. The van der Waals surface area contributed by atoms with E-state index in [1.807, 2.05) is 6.07 Å². The quantitative estimate of drug-likeness (QED) is 0.562. The number of aliphatic imine (C=N–C) groups is 1. The van der Waals surface area contributed by atoms with E-state index in [1.165, 1.54) is 17.7 Å². The lowest BCUT2D eigenvalue weighted by atomic mass is 10.1. The SMILES string of the molecule is CC(=O)NCCN=Cc1cc2n(c1O)-c1ccccc1C2=O. The summed E-state index contributed by atoms with van der Waals surface area (Å²) in [7, 11) is 0. The average molecular weight is 297 g/mol. The minimum Gasteiger partial charge on any atom is -0.494 e. The molecule has 0 atom stereocenters. The summed E-state index contributed by atoms with van der Waals surface area (Å²) in [5.74, 6) is -0.219. The molecule has 6 heteroatoms. The Bertz CT molecular complexity index is 790. The molecule has 1 amide bonds. The van der Waals surface area contributed by atoms with E-state index in [0.29, 0.717) is 35.6 Å². The molecule has 6 nitrogen and oxygen atoms in total. The fourth-order valence-corrected chi connectivity index (χ4v) is 2.48. The summed E-state index contributed by atoms with van der Waals surface area (Å²) >= 11 is 0. The maximum Gasteiger partial charge on any atom is 0.216 e. The van der Waals surface area contributed by atoms with Gasteiger partial charge in [0.2, 0.25) is 17.6 Å². The highest BCUT2D eigenvalue weighted by atomic mass is 16.3. The number of benzene rings is 1. The second-order valence-electron chi connectivity index (χ2n) is 5.01. The van der Waals surface area contributed by atoms with Gasteiger partial charge < -0.3 is 10.4 Å². The van der Waals surface area contributed by atoms with E-state index in [4.69, 9.17) is 0 Å². The Morgan fingerprint density at radius 1 is 1.41 bits per heavy atom. The maximum atomic E-state index is 12.3. The molecule has 1 aromatic heterocycles. The molecule has 0 saturated carbocycles. The zero-order valence-corrected chi connectivity index (χ0v) is 12.0. The number of fused-ring (bicyclic) bond motifs is 3. The molecule has 112 valence electrons. The van der Waals surface area contributed by atoms with E-state index in [0.717, 1.165) is 0 Å². The second kappa shape index (κ2) is 5.48. The van der Waals surface area contributed by atoms with Crippen molar-refractivity contribution in [2.45, 2.75) is 6.92 Å². The first-order chi connectivity index (χ1) is 10.6. The molecule has 0 aliphatic carbocycles. The maximum absolute atomic E-state index is 12.3. The number of hydrogen-bond acceptors (Lipinski definition) is 4. The standard InChI is InChI=1S/C16H15N3O3/c1-10(20)18-7-6-17-9-11-8-14-15(21)12-4-2-3-5-13(12)19(14)16(11)22/h2-5,8-9,22H,6-7H2,1H3,(H,18,20). The minimum absolute atomic E-state index is 0.00317. The number of ketones is 1. The van der Waals surface area contributed by atoms with E-state index in [2.05, 4.69) is 10.3 Å².